The highest BCUT2D eigenvalue weighted by Crippen LogP contribution is 2.00. The van der Waals surface area contributed by atoms with Crippen LogP contribution >= 0.6 is 0 Å². The van der Waals surface area contributed by atoms with Crippen LogP contribution in [0.5, 0.6) is 0 Å². The number of carbonyl (C=O) groups is 1. The molecule has 0 bridgehead atoms. The van der Waals surface area contributed by atoms with E-state index in [9.17, 15) is 4.79 Å². The van der Waals surface area contributed by atoms with Gasteiger partial charge in [0.15, 0.2) is 0 Å². The molecule has 0 spiro atoms. The van der Waals surface area contributed by atoms with Crippen molar-refractivity contribution >= 4 is 5.97 Å². The molecule has 0 fully saturated rings. The van der Waals surface area contributed by atoms with Gasteiger partial charge in [0, 0.05) is 0 Å². The number of rotatable bonds is 2. The number of esters is 1. The average Bonchev–Trinajstić information content (AvgIpc) is 1.84. The first-order chi connectivity index (χ1) is 3.72. The molecule has 1 radical (unpaired) electrons. The molecule has 0 aliphatic rings. The zero-order chi connectivity index (χ0) is 6.57. The lowest BCUT2D eigenvalue weighted by molar-refractivity contribution is -0.143. The molecule has 47 valence electrons. The van der Waals surface area contributed by atoms with Crippen LogP contribution in [-0.2, 0) is 9.53 Å². The molecular weight excluding hydrogens is 104 g/mol. The topological polar surface area (TPSA) is 26.3 Å². The summed E-state index contributed by atoms with van der Waals surface area (Å²) in [5.41, 5.74) is 0. The van der Waals surface area contributed by atoms with E-state index in [-0.39, 0.29) is 11.9 Å². The quantitative estimate of drug-likeness (QED) is 0.502. The zero-order valence-electron chi connectivity index (χ0n) is 5.31. The second kappa shape index (κ2) is 3.47. The van der Waals surface area contributed by atoms with Crippen LogP contribution in [0.1, 0.15) is 13.3 Å². The van der Waals surface area contributed by atoms with Gasteiger partial charge in [-0.2, -0.15) is 0 Å². The van der Waals surface area contributed by atoms with Crippen LogP contribution in [0.15, 0.2) is 0 Å². The van der Waals surface area contributed by atoms with Crippen molar-refractivity contribution in [3.63, 3.8) is 0 Å². The summed E-state index contributed by atoms with van der Waals surface area (Å²) in [4.78, 5) is 10.5. The van der Waals surface area contributed by atoms with Gasteiger partial charge >= 0.3 is 5.97 Å². The van der Waals surface area contributed by atoms with Crippen molar-refractivity contribution in [2.75, 3.05) is 7.11 Å². The molecule has 0 saturated carbocycles. The summed E-state index contributed by atoms with van der Waals surface area (Å²) in [5.74, 6) is -0.424. The normalized spacial score (nSPS) is 12.9. The van der Waals surface area contributed by atoms with Crippen LogP contribution in [0, 0.1) is 12.8 Å². The Morgan fingerprint density at radius 1 is 1.88 bits per heavy atom. The molecule has 0 aliphatic heterocycles. The van der Waals surface area contributed by atoms with Gasteiger partial charge in [-0.25, -0.2) is 0 Å². The van der Waals surface area contributed by atoms with Gasteiger partial charge < -0.3 is 4.74 Å². The van der Waals surface area contributed by atoms with E-state index in [2.05, 4.69) is 11.7 Å². The predicted octanol–water partition coefficient (Wildman–Crippen LogP) is 1.02. The maximum atomic E-state index is 10.5. The van der Waals surface area contributed by atoms with Gasteiger partial charge in [-0.15, -0.1) is 0 Å². The minimum atomic E-state index is -0.229. The fraction of sp³-hybridized carbons (Fsp3) is 0.667. The third kappa shape index (κ3) is 1.96. The van der Waals surface area contributed by atoms with Crippen LogP contribution in [0.25, 0.3) is 0 Å². The van der Waals surface area contributed by atoms with Gasteiger partial charge in [-0.3, -0.25) is 4.79 Å². The van der Waals surface area contributed by atoms with E-state index in [1.165, 1.54) is 7.11 Å². The molecule has 2 nitrogen and oxygen atoms in total. The minimum absolute atomic E-state index is 0.194. The molecule has 2 heteroatoms. The first-order valence-corrected chi connectivity index (χ1v) is 2.63. The smallest absolute Gasteiger partial charge is 0.308 e. The summed E-state index contributed by atoms with van der Waals surface area (Å²) in [7, 11) is 1.37. The van der Waals surface area contributed by atoms with Crippen LogP contribution in [-0.4, -0.2) is 13.1 Å². The molecule has 0 aliphatic carbocycles. The predicted molar refractivity (Wildman–Crippen MR) is 31.2 cm³/mol. The average molecular weight is 115 g/mol. The molecule has 0 aromatic rings. The van der Waals surface area contributed by atoms with E-state index in [1.54, 1.807) is 0 Å². The fourth-order valence-corrected chi connectivity index (χ4v) is 0.333. The van der Waals surface area contributed by atoms with Gasteiger partial charge in [0.2, 0.25) is 0 Å². The molecule has 1 atom stereocenters. The van der Waals surface area contributed by atoms with Gasteiger partial charge in [0.25, 0.3) is 0 Å². The minimum Gasteiger partial charge on any atom is -0.469 e. The Bertz CT molecular complexity index is 78.6. The Morgan fingerprint density at radius 3 is 2.50 bits per heavy atom. The summed E-state index contributed by atoms with van der Waals surface area (Å²) in [6.45, 7) is 5.45. The van der Waals surface area contributed by atoms with E-state index < -0.39 is 0 Å². The summed E-state index contributed by atoms with van der Waals surface area (Å²) >= 11 is 0. The third-order valence-corrected chi connectivity index (χ3v) is 1.03. The SMILES string of the molecule is [CH2]C(CC)C(=O)OC. The maximum absolute atomic E-state index is 10.5. The molecule has 0 heterocycles. The maximum Gasteiger partial charge on any atom is 0.308 e. The summed E-state index contributed by atoms with van der Waals surface area (Å²) in [6, 6.07) is 0. The molecule has 0 amide bonds. The van der Waals surface area contributed by atoms with E-state index in [4.69, 9.17) is 0 Å². The Balaban J connectivity index is 3.46. The van der Waals surface area contributed by atoms with Crippen LogP contribution < -0.4 is 0 Å². The van der Waals surface area contributed by atoms with Crippen molar-refractivity contribution in [1.82, 2.24) is 0 Å². The number of carbonyl (C=O) groups excluding carboxylic acids is 1. The van der Waals surface area contributed by atoms with Crippen molar-refractivity contribution in [3.05, 3.63) is 6.92 Å². The monoisotopic (exact) mass is 115 g/mol. The van der Waals surface area contributed by atoms with Crippen molar-refractivity contribution in [2.45, 2.75) is 13.3 Å². The second-order valence-electron chi connectivity index (χ2n) is 1.63. The van der Waals surface area contributed by atoms with Crippen LogP contribution in [0.4, 0.5) is 0 Å². The Kier molecular flexibility index (Phi) is 3.24. The van der Waals surface area contributed by atoms with Crippen molar-refractivity contribution < 1.29 is 9.53 Å². The number of methoxy groups -OCH3 is 1. The molecule has 0 aromatic heterocycles. The molecule has 0 saturated heterocycles. The molecule has 0 N–H and O–H groups in total. The molecule has 0 rings (SSSR count). The van der Waals surface area contributed by atoms with Gasteiger partial charge in [0.1, 0.15) is 0 Å². The molecule has 8 heavy (non-hydrogen) atoms. The van der Waals surface area contributed by atoms with E-state index in [0.717, 1.165) is 6.42 Å². The van der Waals surface area contributed by atoms with Crippen molar-refractivity contribution in [3.8, 4) is 0 Å². The first-order valence-electron chi connectivity index (χ1n) is 2.63. The lowest BCUT2D eigenvalue weighted by Crippen LogP contribution is -2.11. The van der Waals surface area contributed by atoms with E-state index in [0.29, 0.717) is 0 Å². The van der Waals surface area contributed by atoms with E-state index in [1.807, 2.05) is 6.92 Å². The largest absolute Gasteiger partial charge is 0.469 e. The van der Waals surface area contributed by atoms with Crippen LogP contribution in [0.3, 0.4) is 0 Å². The van der Waals surface area contributed by atoms with Crippen molar-refractivity contribution in [2.24, 2.45) is 5.92 Å². The van der Waals surface area contributed by atoms with Gasteiger partial charge in [-0.1, -0.05) is 6.92 Å². The van der Waals surface area contributed by atoms with Gasteiger partial charge in [-0.05, 0) is 13.3 Å². The molecule has 0 aromatic carbocycles. The fourth-order valence-electron chi connectivity index (χ4n) is 0.333. The highest BCUT2D eigenvalue weighted by molar-refractivity contribution is 5.72. The molecule has 1 unspecified atom stereocenters. The van der Waals surface area contributed by atoms with Crippen LogP contribution in [0.2, 0.25) is 0 Å². The summed E-state index contributed by atoms with van der Waals surface area (Å²) in [6.07, 6.45) is 0.743. The zero-order valence-corrected chi connectivity index (χ0v) is 5.31. The Hall–Kier alpha value is -0.530. The van der Waals surface area contributed by atoms with Crippen molar-refractivity contribution in [1.29, 1.82) is 0 Å². The standard InChI is InChI=1S/C6H11O2/c1-4-5(2)6(7)8-3/h5H,2,4H2,1,3H3. The van der Waals surface area contributed by atoms with E-state index >= 15 is 0 Å². The highest BCUT2D eigenvalue weighted by Gasteiger charge is 2.08. The summed E-state index contributed by atoms with van der Waals surface area (Å²) in [5, 5.41) is 0. The summed E-state index contributed by atoms with van der Waals surface area (Å²) < 4.78 is 4.40. The Labute approximate surface area is 49.8 Å². The first kappa shape index (κ1) is 7.47. The number of hydrogen-bond donors (Lipinski definition) is 0. The Morgan fingerprint density at radius 2 is 2.38 bits per heavy atom. The van der Waals surface area contributed by atoms with Gasteiger partial charge in [0.05, 0.1) is 13.0 Å². The number of hydrogen-bond acceptors (Lipinski definition) is 2. The highest BCUT2D eigenvalue weighted by atomic mass is 16.5. The second-order valence-corrected chi connectivity index (χ2v) is 1.63. The lowest BCUT2D eigenvalue weighted by Gasteiger charge is -2.02. The number of ether oxygens (including phenoxy) is 1. The third-order valence-electron chi connectivity index (χ3n) is 1.03. The molecular formula is C6H11O2. The lowest BCUT2D eigenvalue weighted by atomic mass is 10.1.